The molecule has 6 heteroatoms. The minimum absolute atomic E-state index is 0.0405. The van der Waals surface area contributed by atoms with E-state index < -0.39 is 17.5 Å². The first kappa shape index (κ1) is 17.6. The monoisotopic (exact) mass is 382 g/mol. The Balaban J connectivity index is 1.82. The van der Waals surface area contributed by atoms with Crippen LogP contribution in [0.2, 0.25) is 0 Å². The number of carbonyl (C=O) groups excluding carboxylic acids is 1. The number of thiazole rings is 1. The maximum Gasteiger partial charge on any atom is 0.279 e. The molecule has 1 aromatic heterocycles. The summed E-state index contributed by atoms with van der Waals surface area (Å²) in [7, 11) is 0. The highest BCUT2D eigenvalue weighted by atomic mass is 32.1. The molecular weight excluding hydrogens is 366 g/mol. The second kappa shape index (κ2) is 7.09. The van der Waals surface area contributed by atoms with E-state index in [9.17, 15) is 13.6 Å². The SMILES string of the molecule is C#CCn1c(=NC(=O)c2ccc3c(c2)CCCC3)sc2cc(F)cc(F)c21. The van der Waals surface area contributed by atoms with Crippen molar-refractivity contribution < 1.29 is 13.6 Å². The van der Waals surface area contributed by atoms with Crippen molar-refractivity contribution in [2.24, 2.45) is 4.99 Å². The molecule has 0 bridgehead atoms. The predicted octanol–water partition coefficient (Wildman–Crippen LogP) is 4.23. The largest absolute Gasteiger partial charge is 0.302 e. The number of rotatable bonds is 2. The minimum atomic E-state index is -0.723. The van der Waals surface area contributed by atoms with E-state index in [0.29, 0.717) is 10.3 Å². The van der Waals surface area contributed by atoms with Gasteiger partial charge in [0.1, 0.15) is 5.82 Å². The van der Waals surface area contributed by atoms with Crippen LogP contribution >= 0.6 is 11.3 Å². The van der Waals surface area contributed by atoms with Gasteiger partial charge in [0.25, 0.3) is 5.91 Å². The van der Waals surface area contributed by atoms with E-state index in [1.165, 1.54) is 28.2 Å². The van der Waals surface area contributed by atoms with Crippen LogP contribution in [0.5, 0.6) is 0 Å². The highest BCUT2D eigenvalue weighted by Gasteiger charge is 2.15. The molecule has 3 nitrogen and oxygen atoms in total. The van der Waals surface area contributed by atoms with Gasteiger partial charge in [-0.3, -0.25) is 4.79 Å². The van der Waals surface area contributed by atoms with E-state index in [1.807, 2.05) is 12.1 Å². The molecule has 0 aliphatic heterocycles. The van der Waals surface area contributed by atoms with Crippen LogP contribution in [-0.4, -0.2) is 10.5 Å². The summed E-state index contributed by atoms with van der Waals surface area (Å²) in [6, 6.07) is 7.66. The van der Waals surface area contributed by atoms with Crippen LogP contribution in [0.25, 0.3) is 10.2 Å². The van der Waals surface area contributed by atoms with Crippen LogP contribution < -0.4 is 4.80 Å². The third-order valence-electron chi connectivity index (χ3n) is 4.74. The van der Waals surface area contributed by atoms with E-state index in [-0.39, 0.29) is 16.9 Å². The number of aromatic nitrogens is 1. The van der Waals surface area contributed by atoms with Gasteiger partial charge in [-0.15, -0.1) is 6.42 Å². The Kier molecular flexibility index (Phi) is 4.63. The molecular formula is C21H16F2N2OS. The van der Waals surface area contributed by atoms with E-state index in [0.717, 1.165) is 36.7 Å². The smallest absolute Gasteiger partial charge is 0.279 e. The number of aryl methyl sites for hydroxylation is 2. The van der Waals surface area contributed by atoms with E-state index in [4.69, 9.17) is 6.42 Å². The van der Waals surface area contributed by atoms with Gasteiger partial charge in [0.2, 0.25) is 0 Å². The number of fused-ring (bicyclic) bond motifs is 2. The van der Waals surface area contributed by atoms with Crippen molar-refractivity contribution in [1.82, 2.24) is 4.57 Å². The summed E-state index contributed by atoms with van der Waals surface area (Å²) in [5.74, 6) is 0.619. The Bertz CT molecular complexity index is 1170. The molecule has 1 aliphatic carbocycles. The first-order valence-corrected chi connectivity index (χ1v) is 9.51. The van der Waals surface area contributed by atoms with Gasteiger partial charge in [-0.05, 0) is 55.0 Å². The number of nitrogens with zero attached hydrogens (tertiary/aromatic N) is 2. The molecule has 0 atom stereocenters. The van der Waals surface area contributed by atoms with Gasteiger partial charge in [-0.1, -0.05) is 23.3 Å². The van der Waals surface area contributed by atoms with Crippen LogP contribution in [0.4, 0.5) is 8.78 Å². The fourth-order valence-corrected chi connectivity index (χ4v) is 4.54. The number of terminal acetylenes is 1. The van der Waals surface area contributed by atoms with Gasteiger partial charge in [-0.2, -0.15) is 4.99 Å². The second-order valence-corrected chi connectivity index (χ2v) is 7.53. The lowest BCUT2D eigenvalue weighted by Crippen LogP contribution is -2.17. The number of benzene rings is 2. The summed E-state index contributed by atoms with van der Waals surface area (Å²) in [6.45, 7) is 0.0405. The van der Waals surface area contributed by atoms with E-state index in [1.54, 1.807) is 6.07 Å². The van der Waals surface area contributed by atoms with Gasteiger partial charge >= 0.3 is 0 Å². The first-order valence-electron chi connectivity index (χ1n) is 8.69. The van der Waals surface area contributed by atoms with Crippen LogP contribution in [0.1, 0.15) is 34.3 Å². The average Bonchev–Trinajstić information content (AvgIpc) is 2.98. The predicted molar refractivity (Wildman–Crippen MR) is 102 cm³/mol. The molecule has 2 aromatic carbocycles. The zero-order valence-corrected chi connectivity index (χ0v) is 15.3. The number of hydrogen-bond acceptors (Lipinski definition) is 2. The number of carbonyl (C=O) groups is 1. The summed E-state index contributed by atoms with van der Waals surface area (Å²) in [6.07, 6.45) is 9.66. The quantitative estimate of drug-likeness (QED) is 0.611. The van der Waals surface area contributed by atoms with Crippen LogP contribution in [-0.2, 0) is 19.4 Å². The summed E-state index contributed by atoms with van der Waals surface area (Å²) >= 11 is 1.04. The van der Waals surface area contributed by atoms with Gasteiger partial charge in [0.15, 0.2) is 10.6 Å². The lowest BCUT2D eigenvalue weighted by atomic mass is 9.90. The molecule has 0 radical (unpaired) electrons. The normalized spacial score (nSPS) is 14.2. The zero-order chi connectivity index (χ0) is 19.0. The van der Waals surface area contributed by atoms with Crippen LogP contribution in [0.3, 0.4) is 0 Å². The lowest BCUT2D eigenvalue weighted by Gasteiger charge is -2.15. The van der Waals surface area contributed by atoms with Gasteiger partial charge in [-0.25, -0.2) is 8.78 Å². The number of amides is 1. The van der Waals surface area contributed by atoms with Crippen molar-refractivity contribution in [3.63, 3.8) is 0 Å². The van der Waals surface area contributed by atoms with Crippen molar-refractivity contribution in [2.75, 3.05) is 0 Å². The maximum atomic E-state index is 14.2. The average molecular weight is 382 g/mol. The topological polar surface area (TPSA) is 34.4 Å². The Morgan fingerprint density at radius 1 is 1.19 bits per heavy atom. The summed E-state index contributed by atoms with van der Waals surface area (Å²) in [5, 5.41) is 0. The Morgan fingerprint density at radius 2 is 1.96 bits per heavy atom. The van der Waals surface area contributed by atoms with Gasteiger partial charge in [0, 0.05) is 11.6 Å². The fourth-order valence-electron chi connectivity index (χ4n) is 3.47. The molecule has 3 aromatic rings. The molecule has 4 rings (SSSR count). The van der Waals surface area contributed by atoms with Crippen molar-refractivity contribution >= 4 is 27.5 Å². The summed E-state index contributed by atoms with van der Waals surface area (Å²) in [5.41, 5.74) is 3.12. The summed E-state index contributed by atoms with van der Waals surface area (Å²) < 4.78 is 29.6. The van der Waals surface area contributed by atoms with Crippen molar-refractivity contribution in [3.8, 4) is 12.3 Å². The number of halogens is 2. The number of hydrogen-bond donors (Lipinski definition) is 0. The Labute approximate surface area is 159 Å². The molecule has 0 fully saturated rings. The van der Waals surface area contributed by atoms with Crippen LogP contribution in [0.15, 0.2) is 35.3 Å². The molecule has 27 heavy (non-hydrogen) atoms. The standard InChI is InChI=1S/C21H16F2N2OS/c1-2-9-25-19-17(23)11-16(22)12-18(19)27-21(25)24-20(26)15-8-7-13-5-3-4-6-14(13)10-15/h1,7-8,10-12H,3-6,9H2. The molecule has 1 amide bonds. The van der Waals surface area contributed by atoms with Gasteiger partial charge < -0.3 is 4.57 Å². The third-order valence-corrected chi connectivity index (χ3v) is 5.76. The molecule has 1 aliphatic rings. The molecule has 0 saturated carbocycles. The van der Waals surface area contributed by atoms with E-state index in [2.05, 4.69) is 10.9 Å². The molecule has 1 heterocycles. The summed E-state index contributed by atoms with van der Waals surface area (Å²) in [4.78, 5) is 17.1. The first-order chi connectivity index (χ1) is 13.1. The lowest BCUT2D eigenvalue weighted by molar-refractivity contribution is 0.0997. The van der Waals surface area contributed by atoms with Crippen LogP contribution in [0, 0.1) is 24.0 Å². The molecule has 0 unspecified atom stereocenters. The fraction of sp³-hybridized carbons (Fsp3) is 0.238. The molecule has 0 saturated heterocycles. The van der Waals surface area contributed by atoms with Crippen molar-refractivity contribution in [1.29, 1.82) is 0 Å². The Morgan fingerprint density at radius 3 is 2.74 bits per heavy atom. The molecule has 0 spiro atoms. The maximum absolute atomic E-state index is 14.2. The van der Waals surface area contributed by atoms with E-state index >= 15 is 0 Å². The highest BCUT2D eigenvalue weighted by molar-refractivity contribution is 7.16. The van der Waals surface area contributed by atoms with Crippen molar-refractivity contribution in [3.05, 3.63) is 63.5 Å². The Hall–Kier alpha value is -2.78. The zero-order valence-electron chi connectivity index (χ0n) is 14.5. The second-order valence-electron chi connectivity index (χ2n) is 6.52. The highest BCUT2D eigenvalue weighted by Crippen LogP contribution is 2.24. The minimum Gasteiger partial charge on any atom is -0.302 e. The third kappa shape index (κ3) is 3.31. The molecule has 0 N–H and O–H groups in total. The van der Waals surface area contributed by atoms with Gasteiger partial charge in [0.05, 0.1) is 16.8 Å². The molecule has 136 valence electrons. The van der Waals surface area contributed by atoms with Crippen molar-refractivity contribution in [2.45, 2.75) is 32.2 Å².